The fourth-order valence-corrected chi connectivity index (χ4v) is 2.94. The first kappa shape index (κ1) is 18.4. The zero-order chi connectivity index (χ0) is 20.4. The van der Waals surface area contributed by atoms with E-state index >= 15 is 0 Å². The number of benzene rings is 2. The van der Waals surface area contributed by atoms with E-state index in [0.29, 0.717) is 22.7 Å². The molecule has 0 amide bonds. The molecule has 0 aliphatic heterocycles. The largest absolute Gasteiger partial charge is 0.460 e. The maximum absolute atomic E-state index is 13.0. The number of nitrogens with one attached hydrogen (secondary N) is 1. The lowest BCUT2D eigenvalue weighted by Gasteiger charge is -2.03. The summed E-state index contributed by atoms with van der Waals surface area (Å²) in [4.78, 5) is 27.6. The van der Waals surface area contributed by atoms with E-state index in [1.165, 1.54) is 22.8 Å². The van der Waals surface area contributed by atoms with Gasteiger partial charge in [0.25, 0.3) is 0 Å². The zero-order valence-electron chi connectivity index (χ0n) is 15.6. The van der Waals surface area contributed by atoms with Gasteiger partial charge < -0.3 is 9.40 Å². The molecule has 0 fully saturated rings. The molecule has 6 heteroatoms. The van der Waals surface area contributed by atoms with Gasteiger partial charge in [-0.05, 0) is 55.0 Å². The number of carbonyl (C=O) groups is 1. The summed E-state index contributed by atoms with van der Waals surface area (Å²) < 4.78 is 19.9. The number of rotatable bonds is 5. The summed E-state index contributed by atoms with van der Waals surface area (Å²) in [5.41, 5.74) is 1.93. The lowest BCUT2D eigenvalue weighted by atomic mass is 10.1. The lowest BCUT2D eigenvalue weighted by molar-refractivity contribution is 0.104. The molecule has 0 unspecified atom stereocenters. The standard InChI is InChI=1S/C23H17FN2O3/c1-15-5-12-22(29-15)20-14-26(23(28)25-20)19-4-2-3-17(13-19)21(27)11-8-16-6-9-18(24)10-7-16/h2-14H,1H3,(H,25,28)/b11-8+. The molecular weight excluding hydrogens is 371 g/mol. The number of furan rings is 1. The Kier molecular flexibility index (Phi) is 4.83. The van der Waals surface area contributed by atoms with Crippen molar-refractivity contribution in [2.45, 2.75) is 6.92 Å². The van der Waals surface area contributed by atoms with Crippen LogP contribution in [0.1, 0.15) is 21.7 Å². The molecule has 1 N–H and O–H groups in total. The molecule has 2 aromatic carbocycles. The predicted molar refractivity (Wildman–Crippen MR) is 109 cm³/mol. The lowest BCUT2D eigenvalue weighted by Crippen LogP contribution is -2.14. The summed E-state index contributed by atoms with van der Waals surface area (Å²) in [6, 6.07) is 16.2. The quantitative estimate of drug-likeness (QED) is 0.396. The van der Waals surface area contributed by atoms with Crippen LogP contribution >= 0.6 is 0 Å². The van der Waals surface area contributed by atoms with Gasteiger partial charge in [-0.25, -0.2) is 9.18 Å². The Morgan fingerprint density at radius 2 is 1.90 bits per heavy atom. The molecule has 0 aliphatic carbocycles. The van der Waals surface area contributed by atoms with Crippen molar-refractivity contribution < 1.29 is 13.6 Å². The molecule has 4 aromatic rings. The molecule has 5 nitrogen and oxygen atoms in total. The summed E-state index contributed by atoms with van der Waals surface area (Å²) in [7, 11) is 0. The second-order valence-corrected chi connectivity index (χ2v) is 6.55. The minimum absolute atomic E-state index is 0.221. The van der Waals surface area contributed by atoms with Crippen molar-refractivity contribution in [1.82, 2.24) is 9.55 Å². The van der Waals surface area contributed by atoms with E-state index in [0.717, 1.165) is 11.3 Å². The average molecular weight is 388 g/mol. The molecule has 0 saturated carbocycles. The van der Waals surface area contributed by atoms with Gasteiger partial charge in [-0.1, -0.05) is 30.3 Å². The van der Waals surface area contributed by atoms with Gasteiger partial charge in [0.05, 0.1) is 5.69 Å². The smallest absolute Gasteiger partial charge is 0.330 e. The third kappa shape index (κ3) is 4.01. The molecule has 0 atom stereocenters. The first-order valence-electron chi connectivity index (χ1n) is 8.96. The second-order valence-electron chi connectivity index (χ2n) is 6.55. The minimum atomic E-state index is -0.333. The van der Waals surface area contributed by atoms with Gasteiger partial charge in [0.1, 0.15) is 17.3 Å². The fraction of sp³-hybridized carbons (Fsp3) is 0.0435. The molecule has 2 heterocycles. The molecule has 2 aromatic heterocycles. The molecule has 144 valence electrons. The predicted octanol–water partition coefficient (Wildman–Crippen LogP) is 4.77. The number of hydrogen-bond donors (Lipinski definition) is 1. The van der Waals surface area contributed by atoms with Crippen LogP contribution in [0.2, 0.25) is 0 Å². The van der Waals surface area contributed by atoms with Gasteiger partial charge in [0.2, 0.25) is 0 Å². The second kappa shape index (κ2) is 7.59. The third-order valence-corrected chi connectivity index (χ3v) is 4.43. The van der Waals surface area contributed by atoms with Crippen molar-refractivity contribution in [1.29, 1.82) is 0 Å². The van der Waals surface area contributed by atoms with Crippen molar-refractivity contribution in [2.24, 2.45) is 0 Å². The Morgan fingerprint density at radius 1 is 1.10 bits per heavy atom. The summed E-state index contributed by atoms with van der Waals surface area (Å²) >= 11 is 0. The number of imidazole rings is 1. The van der Waals surface area contributed by atoms with Crippen LogP contribution in [0.4, 0.5) is 4.39 Å². The number of nitrogens with zero attached hydrogens (tertiary/aromatic N) is 1. The molecule has 4 rings (SSSR count). The van der Waals surface area contributed by atoms with Gasteiger partial charge in [-0.2, -0.15) is 0 Å². The number of aromatic amines is 1. The van der Waals surface area contributed by atoms with E-state index in [2.05, 4.69) is 4.98 Å². The Bertz CT molecular complexity index is 1260. The number of ketones is 1. The highest BCUT2D eigenvalue weighted by molar-refractivity contribution is 6.07. The molecule has 0 spiro atoms. The normalized spacial score (nSPS) is 11.2. The van der Waals surface area contributed by atoms with E-state index in [4.69, 9.17) is 4.42 Å². The molecule has 0 bridgehead atoms. The van der Waals surface area contributed by atoms with Crippen molar-refractivity contribution in [2.75, 3.05) is 0 Å². The zero-order valence-corrected chi connectivity index (χ0v) is 15.6. The first-order chi connectivity index (χ1) is 14.0. The number of halogens is 1. The van der Waals surface area contributed by atoms with Crippen LogP contribution < -0.4 is 5.69 Å². The average Bonchev–Trinajstić information content (AvgIpc) is 3.33. The van der Waals surface area contributed by atoms with Crippen molar-refractivity contribution in [3.63, 3.8) is 0 Å². The van der Waals surface area contributed by atoms with Crippen LogP contribution in [0, 0.1) is 12.7 Å². The van der Waals surface area contributed by atoms with Crippen LogP contribution in [-0.2, 0) is 0 Å². The molecule has 0 aliphatic rings. The highest BCUT2D eigenvalue weighted by atomic mass is 19.1. The van der Waals surface area contributed by atoms with Crippen molar-refractivity contribution >= 4 is 11.9 Å². The Morgan fingerprint density at radius 3 is 2.62 bits per heavy atom. The number of aromatic nitrogens is 2. The van der Waals surface area contributed by atoms with Crippen LogP contribution in [-0.4, -0.2) is 15.3 Å². The summed E-state index contributed by atoms with van der Waals surface area (Å²) in [5.74, 6) is 0.755. The van der Waals surface area contributed by atoms with Gasteiger partial charge in [-0.15, -0.1) is 0 Å². The number of H-pyrrole nitrogens is 1. The number of aryl methyl sites for hydroxylation is 1. The van der Waals surface area contributed by atoms with Crippen LogP contribution in [0.3, 0.4) is 0 Å². The van der Waals surface area contributed by atoms with Gasteiger partial charge in [-0.3, -0.25) is 9.36 Å². The highest BCUT2D eigenvalue weighted by Gasteiger charge is 2.11. The number of hydrogen-bond acceptors (Lipinski definition) is 3. The fourth-order valence-electron chi connectivity index (χ4n) is 2.94. The van der Waals surface area contributed by atoms with Crippen LogP contribution in [0.25, 0.3) is 23.2 Å². The summed E-state index contributed by atoms with van der Waals surface area (Å²) in [5, 5.41) is 0. The maximum atomic E-state index is 13.0. The highest BCUT2D eigenvalue weighted by Crippen LogP contribution is 2.20. The van der Waals surface area contributed by atoms with Gasteiger partial charge in [0.15, 0.2) is 11.5 Å². The van der Waals surface area contributed by atoms with Crippen molar-refractivity contribution in [3.05, 3.63) is 106 Å². The SMILES string of the molecule is Cc1ccc(-c2cn(-c3cccc(C(=O)/C=C/c4ccc(F)cc4)c3)c(=O)[nH]2)o1. The number of carbonyl (C=O) groups excluding carboxylic acids is 1. The Balaban J connectivity index is 1.60. The van der Waals surface area contributed by atoms with E-state index in [9.17, 15) is 14.0 Å². The Hall–Kier alpha value is -3.93. The third-order valence-electron chi connectivity index (χ3n) is 4.43. The molecule has 0 saturated heterocycles. The minimum Gasteiger partial charge on any atom is -0.460 e. The monoisotopic (exact) mass is 388 g/mol. The van der Waals surface area contributed by atoms with Crippen LogP contribution in [0.15, 0.2) is 82.1 Å². The molecule has 29 heavy (non-hydrogen) atoms. The first-order valence-corrected chi connectivity index (χ1v) is 8.96. The molecule has 0 radical (unpaired) electrons. The Labute approximate surface area is 165 Å². The van der Waals surface area contributed by atoms with Gasteiger partial charge >= 0.3 is 5.69 Å². The van der Waals surface area contributed by atoms with E-state index in [1.807, 2.05) is 13.0 Å². The maximum Gasteiger partial charge on any atom is 0.330 e. The molecular formula is C23H17FN2O3. The van der Waals surface area contributed by atoms with E-state index in [1.54, 1.807) is 54.7 Å². The topological polar surface area (TPSA) is 68.0 Å². The van der Waals surface area contributed by atoms with E-state index in [-0.39, 0.29) is 17.3 Å². The summed E-state index contributed by atoms with van der Waals surface area (Å²) in [6.07, 6.45) is 4.68. The van der Waals surface area contributed by atoms with Crippen LogP contribution in [0.5, 0.6) is 0 Å². The number of allylic oxidation sites excluding steroid dienone is 1. The van der Waals surface area contributed by atoms with E-state index < -0.39 is 0 Å². The summed E-state index contributed by atoms with van der Waals surface area (Å²) in [6.45, 7) is 1.83. The van der Waals surface area contributed by atoms with Crippen molar-refractivity contribution in [3.8, 4) is 17.1 Å². The van der Waals surface area contributed by atoms with Gasteiger partial charge in [0, 0.05) is 11.8 Å².